The second kappa shape index (κ2) is 7.79. The van der Waals surface area contributed by atoms with Gasteiger partial charge in [-0.3, -0.25) is 4.79 Å². The van der Waals surface area contributed by atoms with E-state index in [1.54, 1.807) is 6.92 Å². The summed E-state index contributed by atoms with van der Waals surface area (Å²) in [4.78, 5) is 10.7. The van der Waals surface area contributed by atoms with E-state index in [1.165, 1.54) is 0 Å². The van der Waals surface area contributed by atoms with Gasteiger partial charge in [0.1, 0.15) is 11.8 Å². The topological polar surface area (TPSA) is 58.6 Å². The summed E-state index contributed by atoms with van der Waals surface area (Å²) in [5.74, 6) is 0.658. The molecule has 19 heavy (non-hydrogen) atoms. The van der Waals surface area contributed by atoms with Crippen LogP contribution in [0.2, 0.25) is 0 Å². The van der Waals surface area contributed by atoms with Crippen LogP contribution in [-0.4, -0.2) is 23.7 Å². The van der Waals surface area contributed by atoms with E-state index < -0.39 is 12.0 Å². The zero-order valence-corrected chi connectivity index (χ0v) is 11.8. The number of hydrogen-bond acceptors (Lipinski definition) is 3. The molecule has 1 rings (SSSR count). The molecule has 4 nitrogen and oxygen atoms in total. The summed E-state index contributed by atoms with van der Waals surface area (Å²) in [7, 11) is 0. The average Bonchev–Trinajstić information content (AvgIpc) is 2.37. The Hall–Kier alpha value is -1.55. The van der Waals surface area contributed by atoms with Gasteiger partial charge in [0.25, 0.3) is 0 Å². The molecule has 0 fully saturated rings. The number of benzene rings is 1. The Balaban J connectivity index is 2.37. The predicted molar refractivity (Wildman–Crippen MR) is 75.3 cm³/mol. The lowest BCUT2D eigenvalue weighted by Gasteiger charge is -2.11. The summed E-state index contributed by atoms with van der Waals surface area (Å²) in [6.45, 7) is 7.24. The summed E-state index contributed by atoms with van der Waals surface area (Å²) >= 11 is 0. The molecule has 0 aliphatic carbocycles. The van der Waals surface area contributed by atoms with Gasteiger partial charge < -0.3 is 15.2 Å². The van der Waals surface area contributed by atoms with Crippen molar-refractivity contribution in [2.75, 3.05) is 6.61 Å². The van der Waals surface area contributed by atoms with Crippen LogP contribution in [0.5, 0.6) is 5.75 Å². The average molecular weight is 265 g/mol. The van der Waals surface area contributed by atoms with Crippen LogP contribution in [-0.2, 0) is 11.3 Å². The van der Waals surface area contributed by atoms with E-state index in [-0.39, 0.29) is 0 Å². The summed E-state index contributed by atoms with van der Waals surface area (Å²) in [6.07, 6.45) is 1.04. The van der Waals surface area contributed by atoms with Crippen LogP contribution in [0.15, 0.2) is 24.3 Å². The summed E-state index contributed by atoms with van der Waals surface area (Å²) in [6, 6.07) is 7.20. The second-order valence-corrected chi connectivity index (χ2v) is 5.12. The molecule has 1 aromatic carbocycles. The number of carbonyl (C=O) groups is 1. The fourth-order valence-corrected chi connectivity index (χ4v) is 1.47. The first-order valence-electron chi connectivity index (χ1n) is 6.67. The van der Waals surface area contributed by atoms with E-state index in [0.29, 0.717) is 12.5 Å². The number of ether oxygens (including phenoxy) is 1. The van der Waals surface area contributed by atoms with Crippen molar-refractivity contribution in [1.29, 1.82) is 0 Å². The SMILES string of the molecule is CC(C)CCOc1ccc(CNC(C)C(=O)O)cc1. The van der Waals surface area contributed by atoms with Gasteiger partial charge in [0.2, 0.25) is 0 Å². The third-order valence-electron chi connectivity index (χ3n) is 2.87. The third-order valence-corrected chi connectivity index (χ3v) is 2.87. The standard InChI is InChI=1S/C15H23NO3/c1-11(2)8-9-19-14-6-4-13(5-7-14)10-16-12(3)15(17)18/h4-7,11-12,16H,8-10H2,1-3H3,(H,17,18). The Bertz CT molecular complexity index is 387. The quantitative estimate of drug-likeness (QED) is 0.758. The molecule has 0 radical (unpaired) electrons. The van der Waals surface area contributed by atoms with Crippen LogP contribution in [0, 0.1) is 5.92 Å². The van der Waals surface area contributed by atoms with Crippen LogP contribution >= 0.6 is 0 Å². The molecule has 1 atom stereocenters. The minimum Gasteiger partial charge on any atom is -0.494 e. The summed E-state index contributed by atoms with van der Waals surface area (Å²) < 4.78 is 5.62. The number of carboxylic acid groups (broad SMARTS) is 1. The lowest BCUT2D eigenvalue weighted by atomic mass is 10.1. The first-order chi connectivity index (χ1) is 8.99. The molecule has 1 aromatic rings. The number of carboxylic acids is 1. The van der Waals surface area contributed by atoms with Crippen molar-refractivity contribution in [3.63, 3.8) is 0 Å². The normalized spacial score (nSPS) is 12.4. The monoisotopic (exact) mass is 265 g/mol. The van der Waals surface area contributed by atoms with Gasteiger partial charge in [-0.2, -0.15) is 0 Å². The van der Waals surface area contributed by atoms with Crippen molar-refractivity contribution in [3.8, 4) is 5.75 Å². The van der Waals surface area contributed by atoms with Gasteiger partial charge in [0.05, 0.1) is 6.61 Å². The first kappa shape index (κ1) is 15.5. The van der Waals surface area contributed by atoms with E-state index in [0.717, 1.165) is 24.3 Å². The Kier molecular flexibility index (Phi) is 6.36. The van der Waals surface area contributed by atoms with E-state index in [2.05, 4.69) is 19.2 Å². The van der Waals surface area contributed by atoms with Crippen molar-refractivity contribution >= 4 is 5.97 Å². The molecule has 0 bridgehead atoms. The van der Waals surface area contributed by atoms with Gasteiger partial charge in [-0.05, 0) is 37.0 Å². The Morgan fingerprint density at radius 2 is 1.89 bits per heavy atom. The zero-order valence-electron chi connectivity index (χ0n) is 11.8. The minimum absolute atomic E-state index is 0.540. The molecule has 0 saturated heterocycles. The smallest absolute Gasteiger partial charge is 0.320 e. The third kappa shape index (κ3) is 6.25. The van der Waals surface area contributed by atoms with Crippen LogP contribution in [0.1, 0.15) is 32.8 Å². The van der Waals surface area contributed by atoms with Crippen molar-refractivity contribution in [1.82, 2.24) is 5.32 Å². The molecule has 1 unspecified atom stereocenters. The van der Waals surface area contributed by atoms with Crippen molar-refractivity contribution in [3.05, 3.63) is 29.8 Å². The fourth-order valence-electron chi connectivity index (χ4n) is 1.47. The Morgan fingerprint density at radius 3 is 2.42 bits per heavy atom. The van der Waals surface area contributed by atoms with Gasteiger partial charge in [0, 0.05) is 6.54 Å². The molecule has 0 heterocycles. The van der Waals surface area contributed by atoms with Crippen molar-refractivity contribution < 1.29 is 14.6 Å². The van der Waals surface area contributed by atoms with Crippen LogP contribution in [0.25, 0.3) is 0 Å². The van der Waals surface area contributed by atoms with Crippen LogP contribution in [0.3, 0.4) is 0 Å². The van der Waals surface area contributed by atoms with E-state index in [1.807, 2.05) is 24.3 Å². The zero-order chi connectivity index (χ0) is 14.3. The minimum atomic E-state index is -0.839. The lowest BCUT2D eigenvalue weighted by molar-refractivity contribution is -0.139. The highest BCUT2D eigenvalue weighted by Gasteiger charge is 2.09. The highest BCUT2D eigenvalue weighted by atomic mass is 16.5. The molecule has 0 aliphatic heterocycles. The van der Waals surface area contributed by atoms with Crippen molar-refractivity contribution in [2.45, 2.75) is 39.8 Å². The molecular formula is C15H23NO3. The summed E-state index contributed by atoms with van der Waals surface area (Å²) in [5, 5.41) is 11.7. The summed E-state index contributed by atoms with van der Waals surface area (Å²) in [5.41, 5.74) is 1.05. The largest absolute Gasteiger partial charge is 0.494 e. The van der Waals surface area contributed by atoms with E-state index in [4.69, 9.17) is 9.84 Å². The molecule has 0 aliphatic rings. The maximum Gasteiger partial charge on any atom is 0.320 e. The molecule has 106 valence electrons. The molecule has 0 saturated carbocycles. The maximum atomic E-state index is 10.7. The molecule has 0 aromatic heterocycles. The van der Waals surface area contributed by atoms with Gasteiger partial charge >= 0.3 is 5.97 Å². The van der Waals surface area contributed by atoms with Gasteiger partial charge in [0.15, 0.2) is 0 Å². The van der Waals surface area contributed by atoms with Gasteiger partial charge in [-0.15, -0.1) is 0 Å². The highest BCUT2D eigenvalue weighted by molar-refractivity contribution is 5.72. The van der Waals surface area contributed by atoms with Gasteiger partial charge in [-0.1, -0.05) is 26.0 Å². The molecule has 0 spiro atoms. The number of nitrogens with one attached hydrogen (secondary N) is 1. The molecule has 2 N–H and O–H groups in total. The lowest BCUT2D eigenvalue weighted by Crippen LogP contribution is -2.33. The second-order valence-electron chi connectivity index (χ2n) is 5.12. The Labute approximate surface area is 114 Å². The van der Waals surface area contributed by atoms with E-state index >= 15 is 0 Å². The van der Waals surface area contributed by atoms with Crippen LogP contribution in [0.4, 0.5) is 0 Å². The number of hydrogen-bond donors (Lipinski definition) is 2. The number of aliphatic carboxylic acids is 1. The van der Waals surface area contributed by atoms with Crippen LogP contribution < -0.4 is 10.1 Å². The van der Waals surface area contributed by atoms with Gasteiger partial charge in [-0.25, -0.2) is 0 Å². The molecular weight excluding hydrogens is 242 g/mol. The number of rotatable bonds is 8. The fraction of sp³-hybridized carbons (Fsp3) is 0.533. The Morgan fingerprint density at radius 1 is 1.26 bits per heavy atom. The highest BCUT2D eigenvalue weighted by Crippen LogP contribution is 2.13. The first-order valence-corrected chi connectivity index (χ1v) is 6.67. The maximum absolute atomic E-state index is 10.7. The van der Waals surface area contributed by atoms with E-state index in [9.17, 15) is 4.79 Å². The molecule has 4 heteroatoms. The van der Waals surface area contributed by atoms with Crippen molar-refractivity contribution in [2.24, 2.45) is 5.92 Å². The molecule has 0 amide bonds. The predicted octanol–water partition coefficient (Wildman–Crippen LogP) is 2.67.